The van der Waals surface area contributed by atoms with E-state index in [1.807, 2.05) is 43.3 Å². The van der Waals surface area contributed by atoms with Gasteiger partial charge in [0.2, 0.25) is 0 Å². The number of benzene rings is 2. The van der Waals surface area contributed by atoms with Gasteiger partial charge in [-0.25, -0.2) is 4.52 Å². The molecule has 1 saturated heterocycles. The van der Waals surface area contributed by atoms with Crippen molar-refractivity contribution in [2.45, 2.75) is 38.5 Å². The molecule has 1 fully saturated rings. The van der Waals surface area contributed by atoms with Crippen molar-refractivity contribution in [2.75, 3.05) is 13.1 Å². The van der Waals surface area contributed by atoms with Crippen molar-refractivity contribution in [3.63, 3.8) is 0 Å². The molecule has 0 radical (unpaired) electrons. The first-order chi connectivity index (χ1) is 11.6. The minimum absolute atomic E-state index is 0.0422. The van der Waals surface area contributed by atoms with Crippen molar-refractivity contribution >= 4 is 7.87 Å². The molecule has 2 aromatic rings. The third-order valence-corrected chi connectivity index (χ3v) is 7.94. The Labute approximate surface area is 145 Å². The van der Waals surface area contributed by atoms with Crippen LogP contribution in [0.15, 0.2) is 60.7 Å². The first-order valence-electron chi connectivity index (χ1n) is 8.76. The van der Waals surface area contributed by atoms with Crippen molar-refractivity contribution in [3.8, 4) is 0 Å². The standard InChI is InChI=1S/C20H26NO2P/c1-3-21-15-14-17(2)23-24(21,22)20(19-12-8-5-9-13-19)16-18-10-6-4-7-11-18/h4-13,17,20H,3,14-16H2,1-2H3/t17-,20-,24?/m1/s1. The van der Waals surface area contributed by atoms with E-state index in [0.29, 0.717) is 0 Å². The van der Waals surface area contributed by atoms with E-state index in [1.54, 1.807) is 0 Å². The third kappa shape index (κ3) is 3.70. The molecule has 1 aliphatic heterocycles. The summed E-state index contributed by atoms with van der Waals surface area (Å²) in [7, 11) is -2.94. The molecule has 0 aromatic heterocycles. The van der Waals surface area contributed by atoms with Crippen LogP contribution >= 0.6 is 7.87 Å². The summed E-state index contributed by atoms with van der Waals surface area (Å²) >= 11 is 0. The van der Waals surface area contributed by atoms with Gasteiger partial charge in [-0.15, -0.1) is 0 Å². The van der Waals surface area contributed by atoms with Crippen molar-refractivity contribution in [2.24, 2.45) is 0 Å². The van der Waals surface area contributed by atoms with Gasteiger partial charge in [0.15, 0.2) is 7.87 Å². The van der Waals surface area contributed by atoms with E-state index in [2.05, 4.69) is 35.9 Å². The molecule has 0 bridgehead atoms. The van der Waals surface area contributed by atoms with Crippen LogP contribution in [0.4, 0.5) is 0 Å². The first-order valence-corrected chi connectivity index (χ1v) is 10.4. The van der Waals surface area contributed by atoms with Crippen LogP contribution in [0, 0.1) is 0 Å². The smallest absolute Gasteiger partial charge is 0.181 e. The fraction of sp³-hybridized carbons (Fsp3) is 0.400. The topological polar surface area (TPSA) is 35.5 Å². The summed E-state index contributed by atoms with van der Waals surface area (Å²) in [5.41, 5.74) is 2.15. The van der Waals surface area contributed by atoms with Gasteiger partial charge in [-0.3, -0.25) is 0 Å². The fourth-order valence-corrected chi connectivity index (χ4v) is 6.48. The fourth-order valence-electron chi connectivity index (χ4n) is 3.41. The zero-order valence-corrected chi connectivity index (χ0v) is 15.4. The van der Waals surface area contributed by atoms with E-state index in [9.17, 15) is 4.89 Å². The lowest BCUT2D eigenvalue weighted by atomic mass is 10.0. The summed E-state index contributed by atoms with van der Waals surface area (Å²) in [5.74, 6) is 0. The van der Waals surface area contributed by atoms with Crippen LogP contribution in [0.3, 0.4) is 0 Å². The van der Waals surface area contributed by atoms with Gasteiger partial charge >= 0.3 is 0 Å². The maximum Gasteiger partial charge on any atom is 0.181 e. The number of rotatable bonds is 5. The molecule has 3 nitrogen and oxygen atoms in total. The van der Waals surface area contributed by atoms with Gasteiger partial charge in [0.05, 0.1) is 0 Å². The second-order valence-electron chi connectivity index (χ2n) is 6.43. The molecule has 4 heteroatoms. The van der Waals surface area contributed by atoms with Crippen LogP contribution in [0.25, 0.3) is 0 Å². The van der Waals surface area contributed by atoms with E-state index in [1.165, 1.54) is 5.56 Å². The number of hydrogen-bond acceptors (Lipinski definition) is 3. The van der Waals surface area contributed by atoms with E-state index in [4.69, 9.17) is 4.52 Å². The Bertz CT molecular complexity index is 637. The second kappa shape index (κ2) is 7.76. The minimum atomic E-state index is -2.94. The Morgan fingerprint density at radius 1 is 1.12 bits per heavy atom. The number of nitrogens with zero attached hydrogens (tertiary/aromatic N) is 1. The van der Waals surface area contributed by atoms with Gasteiger partial charge in [0, 0.05) is 19.5 Å². The molecular formula is C20H26NO2P. The largest absolute Gasteiger partial charge is 0.641 e. The van der Waals surface area contributed by atoms with E-state index in [-0.39, 0.29) is 11.8 Å². The summed E-state index contributed by atoms with van der Waals surface area (Å²) in [6.07, 6.45) is 1.70. The third-order valence-electron chi connectivity index (χ3n) is 4.73. The van der Waals surface area contributed by atoms with Gasteiger partial charge in [-0.05, 0) is 31.4 Å². The SMILES string of the molecule is CCN1CC[C@@H](C)O[P+]1([O-])[C@H](Cc1ccccc1)c1ccccc1. The Balaban J connectivity index is 1.99. The Morgan fingerprint density at radius 3 is 2.38 bits per heavy atom. The van der Waals surface area contributed by atoms with Crippen LogP contribution in [0.2, 0.25) is 0 Å². The van der Waals surface area contributed by atoms with Gasteiger partial charge in [0.25, 0.3) is 0 Å². The Kier molecular flexibility index (Phi) is 5.68. The molecule has 3 rings (SSSR count). The zero-order chi connectivity index (χ0) is 17.0. The molecule has 0 amide bonds. The van der Waals surface area contributed by atoms with E-state index >= 15 is 0 Å². The molecular weight excluding hydrogens is 317 g/mol. The molecule has 128 valence electrons. The van der Waals surface area contributed by atoms with Crippen LogP contribution < -0.4 is 4.89 Å². The van der Waals surface area contributed by atoms with Crippen molar-refractivity contribution in [1.29, 1.82) is 0 Å². The summed E-state index contributed by atoms with van der Waals surface area (Å²) in [4.78, 5) is 14.0. The molecule has 24 heavy (non-hydrogen) atoms. The highest BCUT2D eigenvalue weighted by molar-refractivity contribution is 7.62. The van der Waals surface area contributed by atoms with E-state index in [0.717, 1.165) is 31.5 Å². The van der Waals surface area contributed by atoms with Crippen LogP contribution in [0.1, 0.15) is 37.1 Å². The molecule has 2 aromatic carbocycles. The monoisotopic (exact) mass is 343 g/mol. The van der Waals surface area contributed by atoms with Crippen LogP contribution in [-0.2, 0) is 10.9 Å². The quantitative estimate of drug-likeness (QED) is 0.763. The predicted molar refractivity (Wildman–Crippen MR) is 98.7 cm³/mol. The Hall–Kier alpha value is -1.25. The molecule has 1 heterocycles. The normalized spacial score (nSPS) is 26.2. The van der Waals surface area contributed by atoms with Crippen LogP contribution in [0.5, 0.6) is 0 Å². The van der Waals surface area contributed by atoms with Gasteiger partial charge < -0.3 is 4.89 Å². The second-order valence-corrected chi connectivity index (χ2v) is 8.96. The summed E-state index contributed by atoms with van der Waals surface area (Å²) in [6.45, 7) is 5.69. The lowest BCUT2D eigenvalue weighted by Crippen LogP contribution is -2.43. The summed E-state index contributed by atoms with van der Waals surface area (Å²) in [5, 5.41) is 0. The lowest BCUT2D eigenvalue weighted by molar-refractivity contribution is -0.218. The lowest BCUT2D eigenvalue weighted by Gasteiger charge is -2.47. The maximum atomic E-state index is 14.0. The van der Waals surface area contributed by atoms with Crippen molar-refractivity contribution in [1.82, 2.24) is 4.67 Å². The van der Waals surface area contributed by atoms with Gasteiger partial charge in [-0.2, -0.15) is 4.67 Å². The predicted octanol–water partition coefficient (Wildman–Crippen LogP) is 4.22. The highest BCUT2D eigenvalue weighted by Gasteiger charge is 2.49. The minimum Gasteiger partial charge on any atom is -0.641 e. The van der Waals surface area contributed by atoms with Crippen molar-refractivity contribution < 1.29 is 9.42 Å². The zero-order valence-electron chi connectivity index (χ0n) is 14.5. The summed E-state index contributed by atoms with van der Waals surface area (Å²) in [6, 6.07) is 20.5. The average Bonchev–Trinajstić information content (AvgIpc) is 2.61. The number of hydrogen-bond donors (Lipinski definition) is 0. The first kappa shape index (κ1) is 17.6. The Morgan fingerprint density at radius 2 is 1.75 bits per heavy atom. The summed E-state index contributed by atoms with van der Waals surface area (Å²) < 4.78 is 8.21. The van der Waals surface area contributed by atoms with Gasteiger partial charge in [-0.1, -0.05) is 60.7 Å². The molecule has 0 spiro atoms. The molecule has 1 aliphatic rings. The highest BCUT2D eigenvalue weighted by atomic mass is 31.2. The highest BCUT2D eigenvalue weighted by Crippen LogP contribution is 2.69. The van der Waals surface area contributed by atoms with Crippen LogP contribution in [-0.4, -0.2) is 23.9 Å². The molecule has 0 saturated carbocycles. The van der Waals surface area contributed by atoms with Crippen molar-refractivity contribution in [3.05, 3.63) is 71.8 Å². The maximum absolute atomic E-state index is 14.0. The van der Waals surface area contributed by atoms with Gasteiger partial charge in [0.1, 0.15) is 11.8 Å². The molecule has 0 aliphatic carbocycles. The van der Waals surface area contributed by atoms with E-state index < -0.39 is 7.87 Å². The molecule has 3 atom stereocenters. The average molecular weight is 343 g/mol. The molecule has 0 N–H and O–H groups in total. The molecule has 1 unspecified atom stereocenters.